The largest absolute Gasteiger partial charge is 0.462 e. The second-order valence-electron chi connectivity index (χ2n) is 3.62. The molecule has 0 heterocycles. The first-order valence-electron chi connectivity index (χ1n) is 3.93. The molecule has 0 fully saturated rings. The van der Waals surface area contributed by atoms with Crippen LogP contribution in [-0.4, -0.2) is 22.9 Å². The third-order valence-corrected chi connectivity index (χ3v) is 1.65. The molecule has 1 unspecified atom stereocenters. The van der Waals surface area contributed by atoms with Crippen molar-refractivity contribution >= 4 is 18.6 Å². The van der Waals surface area contributed by atoms with Crippen LogP contribution in [0.2, 0.25) is 0 Å². The van der Waals surface area contributed by atoms with E-state index >= 15 is 0 Å². The standard InChI is InChI=1S/C8H17NO2S/c1-5(2)11-7(10)6(9)8(3,4)12/h5-6,12H,9H2,1-4H3. The van der Waals surface area contributed by atoms with Crippen molar-refractivity contribution in [1.29, 1.82) is 0 Å². The highest BCUT2D eigenvalue weighted by Crippen LogP contribution is 2.16. The van der Waals surface area contributed by atoms with E-state index in [1.807, 2.05) is 0 Å². The van der Waals surface area contributed by atoms with Gasteiger partial charge in [0.1, 0.15) is 6.04 Å². The number of ether oxygens (including phenoxy) is 1. The molecular weight excluding hydrogens is 174 g/mol. The highest BCUT2D eigenvalue weighted by Gasteiger charge is 2.30. The van der Waals surface area contributed by atoms with Gasteiger partial charge in [-0.1, -0.05) is 0 Å². The van der Waals surface area contributed by atoms with Gasteiger partial charge in [-0.3, -0.25) is 4.79 Å². The van der Waals surface area contributed by atoms with Crippen molar-refractivity contribution in [2.24, 2.45) is 5.73 Å². The van der Waals surface area contributed by atoms with Crippen LogP contribution in [0.25, 0.3) is 0 Å². The Morgan fingerprint density at radius 1 is 1.50 bits per heavy atom. The number of carbonyl (C=O) groups is 1. The van der Waals surface area contributed by atoms with E-state index in [0.717, 1.165) is 0 Å². The molecule has 12 heavy (non-hydrogen) atoms. The maximum absolute atomic E-state index is 11.2. The molecule has 0 bridgehead atoms. The highest BCUT2D eigenvalue weighted by atomic mass is 32.1. The summed E-state index contributed by atoms with van der Waals surface area (Å²) < 4.78 is 4.39. The van der Waals surface area contributed by atoms with Crippen molar-refractivity contribution in [1.82, 2.24) is 0 Å². The number of esters is 1. The van der Waals surface area contributed by atoms with E-state index in [-0.39, 0.29) is 6.10 Å². The molecule has 0 aromatic carbocycles. The number of carbonyl (C=O) groups excluding carboxylic acids is 1. The Hall–Kier alpha value is -0.220. The zero-order valence-corrected chi connectivity index (χ0v) is 8.89. The molecule has 2 N–H and O–H groups in total. The Labute approximate surface area is 79.1 Å². The third kappa shape index (κ3) is 3.97. The minimum absolute atomic E-state index is 0.126. The van der Waals surface area contributed by atoms with E-state index in [2.05, 4.69) is 12.6 Å². The minimum atomic E-state index is -0.678. The van der Waals surface area contributed by atoms with Crippen molar-refractivity contribution in [3.05, 3.63) is 0 Å². The fourth-order valence-corrected chi connectivity index (χ4v) is 0.699. The number of hydrogen-bond donors (Lipinski definition) is 2. The SMILES string of the molecule is CC(C)OC(=O)C(N)C(C)(C)S. The molecule has 72 valence electrons. The molecule has 0 saturated heterocycles. The molecule has 0 spiro atoms. The number of nitrogens with two attached hydrogens (primary N) is 1. The maximum Gasteiger partial charge on any atom is 0.324 e. The Morgan fingerprint density at radius 2 is 1.92 bits per heavy atom. The second kappa shape index (κ2) is 4.14. The summed E-state index contributed by atoms with van der Waals surface area (Å²) in [7, 11) is 0. The van der Waals surface area contributed by atoms with E-state index < -0.39 is 16.8 Å². The van der Waals surface area contributed by atoms with Crippen LogP contribution in [0.15, 0.2) is 0 Å². The molecule has 0 saturated carbocycles. The van der Waals surface area contributed by atoms with Crippen LogP contribution in [0.5, 0.6) is 0 Å². The fourth-order valence-electron chi connectivity index (χ4n) is 0.594. The van der Waals surface area contributed by atoms with Crippen LogP contribution in [0.3, 0.4) is 0 Å². The van der Waals surface area contributed by atoms with Crippen molar-refractivity contribution < 1.29 is 9.53 Å². The molecule has 4 heteroatoms. The molecule has 0 amide bonds. The third-order valence-electron chi connectivity index (χ3n) is 1.37. The minimum Gasteiger partial charge on any atom is -0.462 e. The van der Waals surface area contributed by atoms with Gasteiger partial charge < -0.3 is 10.5 Å². The van der Waals surface area contributed by atoms with Crippen LogP contribution in [0.4, 0.5) is 0 Å². The summed E-state index contributed by atoms with van der Waals surface area (Å²) in [4.78, 5) is 11.2. The van der Waals surface area contributed by atoms with Gasteiger partial charge in [-0.05, 0) is 27.7 Å². The van der Waals surface area contributed by atoms with E-state index in [1.54, 1.807) is 27.7 Å². The van der Waals surface area contributed by atoms with Crippen LogP contribution in [-0.2, 0) is 9.53 Å². The molecule has 0 aromatic heterocycles. The van der Waals surface area contributed by atoms with Gasteiger partial charge in [-0.2, -0.15) is 12.6 Å². The van der Waals surface area contributed by atoms with Gasteiger partial charge in [0.05, 0.1) is 6.10 Å². The van der Waals surface area contributed by atoms with E-state index in [4.69, 9.17) is 10.5 Å². The lowest BCUT2D eigenvalue weighted by atomic mass is 10.0. The lowest BCUT2D eigenvalue weighted by Gasteiger charge is -2.24. The predicted octanol–water partition coefficient (Wildman–Crippen LogP) is 0.974. The molecule has 0 aliphatic rings. The first-order chi connectivity index (χ1) is 5.25. The average molecular weight is 191 g/mol. The van der Waals surface area contributed by atoms with Gasteiger partial charge in [0.25, 0.3) is 0 Å². The quantitative estimate of drug-likeness (QED) is 0.516. The zero-order chi connectivity index (χ0) is 9.94. The lowest BCUT2D eigenvalue weighted by molar-refractivity contribution is -0.149. The molecule has 0 aromatic rings. The van der Waals surface area contributed by atoms with Crippen LogP contribution < -0.4 is 5.73 Å². The van der Waals surface area contributed by atoms with Crippen LogP contribution in [0.1, 0.15) is 27.7 Å². The van der Waals surface area contributed by atoms with E-state index in [1.165, 1.54) is 0 Å². The van der Waals surface area contributed by atoms with Crippen molar-refractivity contribution in [2.45, 2.75) is 44.6 Å². The first kappa shape index (κ1) is 11.8. The van der Waals surface area contributed by atoms with Gasteiger partial charge in [-0.15, -0.1) is 0 Å². The average Bonchev–Trinajstić information content (AvgIpc) is 1.82. The summed E-state index contributed by atoms with van der Waals surface area (Å²) in [5.74, 6) is -0.398. The van der Waals surface area contributed by atoms with Gasteiger partial charge in [-0.25, -0.2) is 0 Å². The second-order valence-corrected chi connectivity index (χ2v) is 4.77. The van der Waals surface area contributed by atoms with Gasteiger partial charge in [0, 0.05) is 4.75 Å². The highest BCUT2D eigenvalue weighted by molar-refractivity contribution is 7.81. The van der Waals surface area contributed by atoms with E-state index in [9.17, 15) is 4.79 Å². The molecule has 0 aliphatic heterocycles. The predicted molar refractivity (Wildman–Crippen MR) is 52.3 cm³/mol. The summed E-state index contributed by atoms with van der Waals surface area (Å²) in [6.45, 7) is 7.14. The number of hydrogen-bond acceptors (Lipinski definition) is 4. The molecule has 0 rings (SSSR count). The number of rotatable bonds is 3. The molecule has 0 aliphatic carbocycles. The summed E-state index contributed by atoms with van der Waals surface area (Å²) in [5.41, 5.74) is 5.59. The molecule has 0 radical (unpaired) electrons. The van der Waals surface area contributed by atoms with Crippen LogP contribution in [0, 0.1) is 0 Å². The summed E-state index contributed by atoms with van der Waals surface area (Å²) >= 11 is 4.19. The number of thiol groups is 1. The van der Waals surface area contributed by atoms with Crippen molar-refractivity contribution in [3.63, 3.8) is 0 Å². The smallest absolute Gasteiger partial charge is 0.324 e. The Morgan fingerprint density at radius 3 is 2.17 bits per heavy atom. The van der Waals surface area contributed by atoms with Gasteiger partial charge in [0.15, 0.2) is 0 Å². The van der Waals surface area contributed by atoms with Gasteiger partial charge in [0.2, 0.25) is 0 Å². The first-order valence-corrected chi connectivity index (χ1v) is 4.38. The molecular formula is C8H17NO2S. The monoisotopic (exact) mass is 191 g/mol. The Balaban J connectivity index is 4.12. The van der Waals surface area contributed by atoms with Crippen LogP contribution >= 0.6 is 12.6 Å². The van der Waals surface area contributed by atoms with E-state index in [0.29, 0.717) is 0 Å². The zero-order valence-electron chi connectivity index (χ0n) is 8.00. The Bertz CT molecular complexity index is 163. The molecule has 3 nitrogen and oxygen atoms in total. The summed E-state index contributed by atoms with van der Waals surface area (Å²) in [6.07, 6.45) is -0.126. The van der Waals surface area contributed by atoms with Gasteiger partial charge >= 0.3 is 5.97 Å². The fraction of sp³-hybridized carbons (Fsp3) is 0.875. The molecule has 1 atom stereocenters. The van der Waals surface area contributed by atoms with Crippen molar-refractivity contribution in [2.75, 3.05) is 0 Å². The maximum atomic E-state index is 11.2. The summed E-state index contributed by atoms with van der Waals surface area (Å²) in [6, 6.07) is -0.678. The topological polar surface area (TPSA) is 52.3 Å². The lowest BCUT2D eigenvalue weighted by Crippen LogP contribution is -2.46. The summed E-state index contributed by atoms with van der Waals surface area (Å²) in [5, 5.41) is 0. The Kier molecular flexibility index (Phi) is 4.06. The van der Waals surface area contributed by atoms with Crippen molar-refractivity contribution in [3.8, 4) is 0 Å². The normalized spacial score (nSPS) is 14.6.